The smallest absolute Gasteiger partial charge is 0.360 e. The summed E-state index contributed by atoms with van der Waals surface area (Å²) in [5.41, 5.74) is -1.29. The molecule has 0 spiro atoms. The fraction of sp³-hybridized carbons (Fsp3) is 0.412. The molecule has 0 saturated carbocycles. The number of nitrogens with zero attached hydrogens (tertiary/aromatic N) is 3. The van der Waals surface area contributed by atoms with E-state index in [2.05, 4.69) is 20.8 Å². The molecule has 0 atom stereocenters. The molecule has 12 heteroatoms. The van der Waals surface area contributed by atoms with Gasteiger partial charge < -0.3 is 15.5 Å². The summed E-state index contributed by atoms with van der Waals surface area (Å²) in [5.74, 6) is -1.04. The quantitative estimate of drug-likeness (QED) is 0.572. The summed E-state index contributed by atoms with van der Waals surface area (Å²) < 4.78 is 39.6. The predicted octanol–water partition coefficient (Wildman–Crippen LogP) is 3.57. The van der Waals surface area contributed by atoms with E-state index >= 15 is 0 Å². The van der Waals surface area contributed by atoms with Gasteiger partial charge in [0, 0.05) is 13.6 Å². The predicted molar refractivity (Wildman–Crippen MR) is 107 cm³/mol. The number of anilines is 2. The third-order valence-electron chi connectivity index (χ3n) is 3.56. The van der Waals surface area contributed by atoms with Gasteiger partial charge in [0.25, 0.3) is 0 Å². The van der Waals surface area contributed by atoms with E-state index < -0.39 is 17.6 Å². The van der Waals surface area contributed by atoms with Gasteiger partial charge in [0.2, 0.25) is 16.9 Å². The number of thioether (sulfide) groups is 1. The molecule has 0 fully saturated rings. The largest absolute Gasteiger partial charge is 0.418 e. The zero-order chi connectivity index (χ0) is 21.4. The first-order valence-electron chi connectivity index (χ1n) is 8.61. The van der Waals surface area contributed by atoms with Crippen LogP contribution in [0.25, 0.3) is 0 Å². The monoisotopic (exact) mass is 447 g/mol. The van der Waals surface area contributed by atoms with Gasteiger partial charge in [0.05, 0.1) is 23.5 Å². The van der Waals surface area contributed by atoms with Crippen molar-refractivity contribution in [3.05, 3.63) is 29.8 Å². The average Bonchev–Trinajstić information content (AvgIpc) is 3.11. The molecule has 2 rings (SSSR count). The zero-order valence-electron chi connectivity index (χ0n) is 15.7. The van der Waals surface area contributed by atoms with E-state index in [4.69, 9.17) is 0 Å². The fourth-order valence-corrected chi connectivity index (χ4v) is 3.86. The first kappa shape index (κ1) is 22.9. The first-order chi connectivity index (χ1) is 13.7. The Morgan fingerprint density at radius 1 is 1.24 bits per heavy atom. The molecule has 0 aliphatic carbocycles. The minimum Gasteiger partial charge on any atom is -0.360 e. The lowest BCUT2D eigenvalue weighted by Gasteiger charge is -2.18. The number of hydrogen-bond acceptors (Lipinski definition) is 7. The number of hydrogen-bond donors (Lipinski definition) is 2. The molecule has 7 nitrogen and oxygen atoms in total. The van der Waals surface area contributed by atoms with Crippen LogP contribution in [-0.2, 0) is 15.8 Å². The van der Waals surface area contributed by atoms with Gasteiger partial charge in [-0.05, 0) is 18.6 Å². The van der Waals surface area contributed by atoms with Gasteiger partial charge in [-0.1, -0.05) is 42.2 Å². The summed E-state index contributed by atoms with van der Waals surface area (Å²) in [6.07, 6.45) is -3.64. The summed E-state index contributed by atoms with van der Waals surface area (Å²) in [7, 11) is 1.41. The Morgan fingerprint density at radius 3 is 2.66 bits per heavy atom. The van der Waals surface area contributed by atoms with E-state index in [1.54, 1.807) is 0 Å². The van der Waals surface area contributed by atoms with Crippen molar-refractivity contribution in [2.24, 2.45) is 0 Å². The van der Waals surface area contributed by atoms with Gasteiger partial charge >= 0.3 is 6.18 Å². The van der Waals surface area contributed by atoms with Crippen molar-refractivity contribution in [1.29, 1.82) is 0 Å². The number of rotatable bonds is 9. The highest BCUT2D eigenvalue weighted by atomic mass is 32.2. The number of para-hydroxylation sites is 1. The number of amides is 2. The lowest BCUT2D eigenvalue weighted by Crippen LogP contribution is -2.36. The van der Waals surface area contributed by atoms with Gasteiger partial charge in [-0.15, -0.1) is 10.2 Å². The topological polar surface area (TPSA) is 87.2 Å². The van der Waals surface area contributed by atoms with Crippen molar-refractivity contribution in [2.45, 2.75) is 23.9 Å². The van der Waals surface area contributed by atoms with Crippen molar-refractivity contribution in [2.75, 3.05) is 36.5 Å². The van der Waals surface area contributed by atoms with E-state index in [0.717, 1.165) is 30.0 Å². The molecule has 0 aliphatic heterocycles. The summed E-state index contributed by atoms with van der Waals surface area (Å²) in [6, 6.07) is 4.68. The van der Waals surface area contributed by atoms with Gasteiger partial charge in [-0.2, -0.15) is 13.2 Å². The second kappa shape index (κ2) is 10.4. The van der Waals surface area contributed by atoms with Crippen LogP contribution in [0.4, 0.5) is 24.0 Å². The third-order valence-corrected chi connectivity index (χ3v) is 5.56. The van der Waals surface area contributed by atoms with E-state index in [9.17, 15) is 22.8 Å². The maximum atomic E-state index is 13.0. The summed E-state index contributed by atoms with van der Waals surface area (Å²) in [6.45, 7) is 2.43. The standard InChI is InChI=1S/C17H20F3N5O2S2/c1-3-8-21-15-23-24-16(29-15)28-10-14(27)25(2)9-13(26)22-12-7-5-4-6-11(12)17(18,19)20/h4-7H,3,8-10H2,1-2H3,(H,21,23)(H,22,26). The van der Waals surface area contributed by atoms with Crippen molar-refractivity contribution in [3.63, 3.8) is 0 Å². The molecule has 0 aliphatic rings. The second-order valence-electron chi connectivity index (χ2n) is 5.93. The van der Waals surface area contributed by atoms with Gasteiger partial charge in [0.15, 0.2) is 4.34 Å². The van der Waals surface area contributed by atoms with Crippen LogP contribution in [0, 0.1) is 0 Å². The van der Waals surface area contributed by atoms with Gasteiger partial charge in [-0.3, -0.25) is 9.59 Å². The minimum atomic E-state index is -4.59. The number of halogens is 3. The highest BCUT2D eigenvalue weighted by Crippen LogP contribution is 2.34. The average molecular weight is 448 g/mol. The molecule has 0 saturated heterocycles. The first-order valence-corrected chi connectivity index (χ1v) is 10.4. The van der Waals surface area contributed by atoms with Crippen LogP contribution in [0.1, 0.15) is 18.9 Å². The van der Waals surface area contributed by atoms with Crippen LogP contribution >= 0.6 is 23.1 Å². The maximum absolute atomic E-state index is 13.0. The lowest BCUT2D eigenvalue weighted by atomic mass is 10.1. The normalized spacial score (nSPS) is 11.2. The Balaban J connectivity index is 1.85. The zero-order valence-corrected chi connectivity index (χ0v) is 17.4. The van der Waals surface area contributed by atoms with Crippen molar-refractivity contribution < 1.29 is 22.8 Å². The highest BCUT2D eigenvalue weighted by Gasteiger charge is 2.33. The van der Waals surface area contributed by atoms with Crippen molar-refractivity contribution in [1.82, 2.24) is 15.1 Å². The number of alkyl halides is 3. The molecule has 2 amide bonds. The van der Waals surface area contributed by atoms with Gasteiger partial charge in [-0.25, -0.2) is 0 Å². The Labute approximate surface area is 174 Å². The van der Waals surface area contributed by atoms with E-state index in [0.29, 0.717) is 9.47 Å². The van der Waals surface area contributed by atoms with Crippen LogP contribution in [0.5, 0.6) is 0 Å². The van der Waals surface area contributed by atoms with Crippen LogP contribution in [0.3, 0.4) is 0 Å². The molecule has 0 unspecified atom stereocenters. The maximum Gasteiger partial charge on any atom is 0.418 e. The van der Waals surface area contributed by atoms with E-state index in [1.807, 2.05) is 6.92 Å². The number of carbonyl (C=O) groups is 2. The Bertz CT molecular complexity index is 844. The van der Waals surface area contributed by atoms with Crippen LogP contribution in [0.2, 0.25) is 0 Å². The number of benzene rings is 1. The summed E-state index contributed by atoms with van der Waals surface area (Å²) >= 11 is 2.50. The number of likely N-dealkylation sites (N-methyl/N-ethyl adjacent to an activating group) is 1. The number of carbonyl (C=O) groups excluding carboxylic acids is 2. The molecule has 0 bridgehead atoms. The number of aromatic nitrogens is 2. The van der Waals surface area contributed by atoms with E-state index in [1.165, 1.54) is 42.3 Å². The summed E-state index contributed by atoms with van der Waals surface area (Å²) in [5, 5.41) is 13.9. The van der Waals surface area contributed by atoms with Crippen LogP contribution < -0.4 is 10.6 Å². The molecular formula is C17H20F3N5O2S2. The molecule has 2 aromatic rings. The minimum absolute atomic E-state index is 0.0331. The highest BCUT2D eigenvalue weighted by molar-refractivity contribution is 8.01. The van der Waals surface area contributed by atoms with Crippen LogP contribution in [-0.4, -0.2) is 52.8 Å². The molecule has 1 aromatic heterocycles. The number of nitrogens with one attached hydrogen (secondary N) is 2. The Hall–Kier alpha value is -2.34. The van der Waals surface area contributed by atoms with Crippen molar-refractivity contribution >= 4 is 45.7 Å². The Kier molecular flexibility index (Phi) is 8.26. The Morgan fingerprint density at radius 2 is 1.97 bits per heavy atom. The van der Waals surface area contributed by atoms with Gasteiger partial charge in [0.1, 0.15) is 0 Å². The SMILES string of the molecule is CCCNc1nnc(SCC(=O)N(C)CC(=O)Nc2ccccc2C(F)(F)F)s1. The molecule has 2 N–H and O–H groups in total. The molecule has 158 valence electrons. The lowest BCUT2D eigenvalue weighted by molar-refractivity contribution is -0.137. The fourth-order valence-electron chi connectivity index (χ4n) is 2.14. The van der Waals surface area contributed by atoms with E-state index in [-0.39, 0.29) is 23.9 Å². The van der Waals surface area contributed by atoms with Crippen molar-refractivity contribution in [3.8, 4) is 0 Å². The molecule has 1 heterocycles. The third kappa shape index (κ3) is 7.20. The summed E-state index contributed by atoms with van der Waals surface area (Å²) in [4.78, 5) is 25.4. The molecule has 29 heavy (non-hydrogen) atoms. The molecular weight excluding hydrogens is 427 g/mol. The van der Waals surface area contributed by atoms with Crippen LogP contribution in [0.15, 0.2) is 28.6 Å². The second-order valence-corrected chi connectivity index (χ2v) is 8.13. The molecule has 1 aromatic carbocycles. The molecule has 0 radical (unpaired) electrons.